The summed E-state index contributed by atoms with van der Waals surface area (Å²) in [7, 11) is 3.12. The van der Waals surface area contributed by atoms with E-state index in [0.29, 0.717) is 11.1 Å². The minimum Gasteiger partial charge on any atom is -0.508 e. The Morgan fingerprint density at radius 2 is 1.78 bits per heavy atom. The van der Waals surface area contributed by atoms with Gasteiger partial charge in [-0.05, 0) is 55.5 Å². The summed E-state index contributed by atoms with van der Waals surface area (Å²) in [5.41, 5.74) is 9.19. The number of carbonyl (C=O) groups is 3. The average Bonchev–Trinajstić information content (AvgIpc) is 2.75. The summed E-state index contributed by atoms with van der Waals surface area (Å²) in [5.74, 6) is -6.73. The SMILES string of the molecule is CN(C)[C@@H]1C(=O)C(C(N)=O)=C(O)[C@@]2(O)C(=O)C3=C(O)c4c(O)ccc(C(N)C(C)(C)C)c4C[C@H]3C[C@@H]12. The maximum absolute atomic E-state index is 13.8. The predicted octanol–water partition coefficient (Wildman–Crippen LogP) is 1.01. The fourth-order valence-corrected chi connectivity index (χ4v) is 6.03. The minimum absolute atomic E-state index is 0.0333. The third kappa shape index (κ3) is 3.39. The molecule has 0 radical (unpaired) electrons. The summed E-state index contributed by atoms with van der Waals surface area (Å²) in [6, 6.07) is 1.52. The van der Waals surface area contributed by atoms with Crippen LogP contribution in [0.5, 0.6) is 5.75 Å². The number of amides is 1. The van der Waals surface area contributed by atoms with Gasteiger partial charge in [0.05, 0.1) is 11.6 Å². The van der Waals surface area contributed by atoms with Crippen molar-refractivity contribution in [3.63, 3.8) is 0 Å². The molecule has 1 saturated carbocycles. The molecule has 1 fully saturated rings. The first-order valence-electron chi connectivity index (χ1n) is 11.8. The summed E-state index contributed by atoms with van der Waals surface area (Å²) in [6.45, 7) is 5.89. The molecule has 0 bridgehead atoms. The number of fused-ring (bicyclic) bond motifs is 3. The monoisotopic (exact) mass is 499 g/mol. The number of primary amides is 1. The second-order valence-corrected chi connectivity index (χ2v) is 11.3. The van der Waals surface area contributed by atoms with E-state index in [0.717, 1.165) is 0 Å². The molecule has 0 heterocycles. The van der Waals surface area contributed by atoms with Gasteiger partial charge in [0.2, 0.25) is 5.78 Å². The van der Waals surface area contributed by atoms with E-state index in [2.05, 4.69) is 0 Å². The molecule has 10 heteroatoms. The van der Waals surface area contributed by atoms with Crippen molar-refractivity contribution in [2.24, 2.45) is 28.7 Å². The van der Waals surface area contributed by atoms with Crippen LogP contribution in [0.15, 0.2) is 29.0 Å². The molecule has 0 aliphatic heterocycles. The lowest BCUT2D eigenvalue weighted by molar-refractivity contribution is -0.153. The van der Waals surface area contributed by atoms with Crippen LogP contribution in [0.4, 0.5) is 0 Å². The number of carbonyl (C=O) groups excluding carboxylic acids is 3. The predicted molar refractivity (Wildman–Crippen MR) is 131 cm³/mol. The number of aliphatic hydroxyl groups excluding tert-OH is 2. The molecule has 8 N–H and O–H groups in total. The highest BCUT2D eigenvalue weighted by molar-refractivity contribution is 6.24. The lowest BCUT2D eigenvalue weighted by Gasteiger charge is -2.50. The number of aromatic hydroxyl groups is 1. The van der Waals surface area contributed by atoms with E-state index in [4.69, 9.17) is 11.5 Å². The van der Waals surface area contributed by atoms with Crippen molar-refractivity contribution < 1.29 is 34.8 Å². The fraction of sp³-hybridized carbons (Fsp3) is 0.500. The Balaban J connectivity index is 1.98. The number of phenols is 1. The first kappa shape index (κ1) is 25.9. The van der Waals surface area contributed by atoms with Crippen LogP contribution in [0, 0.1) is 17.3 Å². The van der Waals surface area contributed by atoms with Gasteiger partial charge in [-0.15, -0.1) is 0 Å². The average molecular weight is 500 g/mol. The number of phenolic OH excluding ortho intramolecular Hbond substituents is 1. The number of rotatable bonds is 3. The zero-order valence-corrected chi connectivity index (χ0v) is 21.0. The van der Waals surface area contributed by atoms with Crippen LogP contribution < -0.4 is 11.5 Å². The zero-order chi connectivity index (χ0) is 27.1. The van der Waals surface area contributed by atoms with Crippen LogP contribution >= 0.6 is 0 Å². The van der Waals surface area contributed by atoms with Crippen molar-refractivity contribution in [1.29, 1.82) is 0 Å². The molecule has 3 aliphatic carbocycles. The zero-order valence-electron chi connectivity index (χ0n) is 21.0. The number of benzene rings is 1. The number of ketones is 2. The number of Topliss-reactive ketones (excluding diaryl/α,β-unsaturated/α-hetero) is 2. The van der Waals surface area contributed by atoms with Crippen molar-refractivity contribution in [1.82, 2.24) is 4.90 Å². The largest absolute Gasteiger partial charge is 0.508 e. The Hall–Kier alpha value is -3.21. The number of aliphatic hydroxyl groups is 3. The van der Waals surface area contributed by atoms with E-state index >= 15 is 0 Å². The van der Waals surface area contributed by atoms with E-state index in [1.807, 2.05) is 20.8 Å². The number of hydrogen-bond acceptors (Lipinski definition) is 9. The third-order valence-corrected chi connectivity index (χ3v) is 7.91. The molecular weight excluding hydrogens is 466 g/mol. The summed E-state index contributed by atoms with van der Waals surface area (Å²) in [4.78, 5) is 40.5. The number of nitrogens with two attached hydrogens (primary N) is 2. The summed E-state index contributed by atoms with van der Waals surface area (Å²) < 4.78 is 0. The van der Waals surface area contributed by atoms with Crippen molar-refractivity contribution in [3.8, 4) is 5.75 Å². The van der Waals surface area contributed by atoms with Crippen LogP contribution in [0.25, 0.3) is 5.76 Å². The van der Waals surface area contributed by atoms with Crippen LogP contribution in [0.1, 0.15) is 49.9 Å². The highest BCUT2D eigenvalue weighted by Gasteiger charge is 2.64. The van der Waals surface area contributed by atoms with Gasteiger partial charge in [-0.25, -0.2) is 0 Å². The molecule has 0 aromatic heterocycles. The standard InChI is InChI=1S/C26H33N3O7/c1-25(2,3)21(27)11-6-7-14(30)16-12(11)8-10-9-13-18(29(4)5)20(32)17(24(28)35)23(34)26(13,36)22(33)15(10)19(16)31/h6-7,10,13,18,21,30-31,34,36H,8-9,27H2,1-5H3,(H2,28,35)/t10-,13-,18-,21?,26-/m0/s1. The first-order valence-corrected chi connectivity index (χ1v) is 11.8. The van der Waals surface area contributed by atoms with Crippen molar-refractivity contribution in [2.75, 3.05) is 14.1 Å². The second-order valence-electron chi connectivity index (χ2n) is 11.3. The van der Waals surface area contributed by atoms with Gasteiger partial charge in [-0.3, -0.25) is 19.3 Å². The van der Waals surface area contributed by atoms with E-state index in [-0.39, 0.29) is 35.1 Å². The summed E-state index contributed by atoms with van der Waals surface area (Å²) in [6.07, 6.45) is 0.244. The van der Waals surface area contributed by atoms with Gasteiger partial charge in [0.15, 0.2) is 11.4 Å². The van der Waals surface area contributed by atoms with Crippen molar-refractivity contribution >= 4 is 23.2 Å². The van der Waals surface area contributed by atoms with Crippen LogP contribution in [0.3, 0.4) is 0 Å². The molecule has 36 heavy (non-hydrogen) atoms. The van der Waals surface area contributed by atoms with Gasteiger partial charge < -0.3 is 31.9 Å². The van der Waals surface area contributed by atoms with Gasteiger partial charge in [0.25, 0.3) is 5.91 Å². The second kappa shape index (κ2) is 8.16. The fourth-order valence-electron chi connectivity index (χ4n) is 6.03. The molecule has 4 rings (SSSR count). The highest BCUT2D eigenvalue weighted by Crippen LogP contribution is 2.53. The van der Waals surface area contributed by atoms with Gasteiger partial charge in [0, 0.05) is 17.5 Å². The number of hydrogen-bond donors (Lipinski definition) is 6. The van der Waals surface area contributed by atoms with Crippen molar-refractivity contribution in [2.45, 2.75) is 51.3 Å². The van der Waals surface area contributed by atoms with Crippen LogP contribution in [0.2, 0.25) is 0 Å². The Bertz CT molecular complexity index is 1260. The molecule has 3 aliphatic rings. The van der Waals surface area contributed by atoms with E-state index in [9.17, 15) is 34.8 Å². The molecule has 1 amide bonds. The van der Waals surface area contributed by atoms with Crippen LogP contribution in [-0.4, -0.2) is 68.5 Å². The van der Waals surface area contributed by atoms with Gasteiger partial charge in [-0.1, -0.05) is 26.8 Å². The smallest absolute Gasteiger partial charge is 0.255 e. The molecule has 1 aromatic rings. The molecule has 10 nitrogen and oxygen atoms in total. The minimum atomic E-state index is -2.65. The molecular formula is C26H33N3O7. The molecule has 1 aromatic carbocycles. The topological polar surface area (TPSA) is 187 Å². The molecule has 1 unspecified atom stereocenters. The highest BCUT2D eigenvalue weighted by atomic mass is 16.3. The molecule has 5 atom stereocenters. The summed E-state index contributed by atoms with van der Waals surface area (Å²) >= 11 is 0. The first-order chi connectivity index (χ1) is 16.5. The Morgan fingerprint density at radius 1 is 1.17 bits per heavy atom. The number of nitrogens with zero attached hydrogens (tertiary/aromatic N) is 1. The Kier molecular flexibility index (Phi) is 5.86. The Morgan fingerprint density at radius 3 is 2.31 bits per heavy atom. The van der Waals surface area contributed by atoms with Gasteiger partial charge >= 0.3 is 0 Å². The van der Waals surface area contributed by atoms with Gasteiger partial charge in [-0.2, -0.15) is 0 Å². The van der Waals surface area contributed by atoms with E-state index < -0.39 is 64.1 Å². The van der Waals surface area contributed by atoms with Gasteiger partial charge in [0.1, 0.15) is 22.8 Å². The molecule has 0 spiro atoms. The maximum atomic E-state index is 13.8. The Labute approximate surface area is 208 Å². The quantitative estimate of drug-likeness (QED) is 0.330. The molecule has 0 saturated heterocycles. The maximum Gasteiger partial charge on any atom is 0.255 e. The lowest BCUT2D eigenvalue weighted by atomic mass is 9.57. The third-order valence-electron chi connectivity index (χ3n) is 7.91. The normalized spacial score (nSPS) is 29.2. The number of likely N-dealkylation sites (N-methyl/N-ethyl adjacent to an activating group) is 1. The lowest BCUT2D eigenvalue weighted by Crippen LogP contribution is -2.65. The molecule has 194 valence electrons. The van der Waals surface area contributed by atoms with E-state index in [1.165, 1.54) is 11.0 Å². The van der Waals surface area contributed by atoms with Crippen LogP contribution in [-0.2, 0) is 20.8 Å². The summed E-state index contributed by atoms with van der Waals surface area (Å²) in [5, 5.41) is 44.4. The van der Waals surface area contributed by atoms with Crippen molar-refractivity contribution in [3.05, 3.63) is 45.7 Å². The van der Waals surface area contributed by atoms with E-state index in [1.54, 1.807) is 20.2 Å².